The number of aliphatic hydroxyl groups is 1. The Bertz CT molecular complexity index is 870. The normalized spacial score (nSPS) is 23.2. The van der Waals surface area contributed by atoms with E-state index in [-0.39, 0.29) is 0 Å². The Balaban J connectivity index is 1.83. The lowest BCUT2D eigenvalue weighted by molar-refractivity contribution is -0.0872. The van der Waals surface area contributed by atoms with Crippen molar-refractivity contribution in [2.45, 2.75) is 52.1 Å². The van der Waals surface area contributed by atoms with Crippen molar-refractivity contribution in [2.75, 3.05) is 7.11 Å². The molecule has 0 aliphatic heterocycles. The van der Waals surface area contributed by atoms with E-state index in [2.05, 4.69) is 0 Å². The zero-order valence-electron chi connectivity index (χ0n) is 18.0. The van der Waals surface area contributed by atoms with Crippen molar-refractivity contribution in [1.29, 1.82) is 0 Å². The van der Waals surface area contributed by atoms with Crippen LogP contribution in [-0.4, -0.2) is 36.5 Å². The molecule has 3 atom stereocenters. The molecule has 0 bridgehead atoms. The molecule has 30 heavy (non-hydrogen) atoms. The zero-order valence-corrected chi connectivity index (χ0v) is 18.0. The molecule has 1 aliphatic rings. The SMILES string of the molecule is COc1ccc(COC2C=C(C)C(O)CC(C)(C)C2OC(=O)c2ccccc2)cc1. The van der Waals surface area contributed by atoms with Gasteiger partial charge in [-0.25, -0.2) is 4.79 Å². The van der Waals surface area contributed by atoms with Crippen molar-refractivity contribution in [3.63, 3.8) is 0 Å². The van der Waals surface area contributed by atoms with Crippen LogP contribution in [0.25, 0.3) is 0 Å². The number of carbonyl (C=O) groups is 1. The number of benzene rings is 2. The van der Waals surface area contributed by atoms with Gasteiger partial charge in [-0.3, -0.25) is 0 Å². The molecular formula is C25H30O5. The molecular weight excluding hydrogens is 380 g/mol. The fourth-order valence-electron chi connectivity index (χ4n) is 3.71. The number of ether oxygens (including phenoxy) is 3. The van der Waals surface area contributed by atoms with E-state index in [4.69, 9.17) is 14.2 Å². The summed E-state index contributed by atoms with van der Waals surface area (Å²) < 4.78 is 17.4. The smallest absolute Gasteiger partial charge is 0.338 e. The monoisotopic (exact) mass is 410 g/mol. The van der Waals surface area contributed by atoms with Crippen LogP contribution in [0.1, 0.15) is 43.1 Å². The van der Waals surface area contributed by atoms with Gasteiger partial charge in [-0.2, -0.15) is 0 Å². The van der Waals surface area contributed by atoms with Crippen LogP contribution >= 0.6 is 0 Å². The first-order valence-electron chi connectivity index (χ1n) is 10.2. The quantitative estimate of drug-likeness (QED) is 0.559. The third kappa shape index (κ3) is 5.29. The molecule has 160 valence electrons. The summed E-state index contributed by atoms with van der Waals surface area (Å²) in [7, 11) is 1.63. The molecule has 0 amide bonds. The summed E-state index contributed by atoms with van der Waals surface area (Å²) in [4.78, 5) is 12.8. The Hall–Kier alpha value is -2.63. The van der Waals surface area contributed by atoms with Gasteiger partial charge in [-0.05, 0) is 48.7 Å². The summed E-state index contributed by atoms with van der Waals surface area (Å²) in [5.74, 6) is 0.386. The molecule has 0 saturated heterocycles. The van der Waals surface area contributed by atoms with Crippen LogP contribution in [0.4, 0.5) is 0 Å². The van der Waals surface area contributed by atoms with Crippen LogP contribution in [0.3, 0.4) is 0 Å². The second-order valence-electron chi connectivity index (χ2n) is 8.43. The van der Waals surface area contributed by atoms with Gasteiger partial charge in [0.25, 0.3) is 0 Å². The van der Waals surface area contributed by atoms with Gasteiger partial charge in [0.15, 0.2) is 0 Å². The lowest BCUT2D eigenvalue weighted by Gasteiger charge is -2.36. The summed E-state index contributed by atoms with van der Waals surface area (Å²) in [5, 5.41) is 10.5. The third-order valence-corrected chi connectivity index (χ3v) is 5.59. The van der Waals surface area contributed by atoms with E-state index in [0.29, 0.717) is 18.6 Å². The predicted octanol–water partition coefficient (Wildman–Crippen LogP) is 4.54. The van der Waals surface area contributed by atoms with Crippen LogP contribution in [0, 0.1) is 5.41 Å². The number of aliphatic hydroxyl groups excluding tert-OH is 1. The zero-order chi connectivity index (χ0) is 21.7. The van der Waals surface area contributed by atoms with Gasteiger partial charge in [0.2, 0.25) is 0 Å². The summed E-state index contributed by atoms with van der Waals surface area (Å²) >= 11 is 0. The van der Waals surface area contributed by atoms with Gasteiger partial charge in [0, 0.05) is 5.41 Å². The molecule has 1 aliphatic carbocycles. The maximum absolute atomic E-state index is 12.8. The molecule has 0 radical (unpaired) electrons. The molecule has 3 rings (SSSR count). The van der Waals surface area contributed by atoms with Crippen molar-refractivity contribution < 1.29 is 24.1 Å². The minimum absolute atomic E-state index is 0.351. The second-order valence-corrected chi connectivity index (χ2v) is 8.43. The Morgan fingerprint density at radius 2 is 1.77 bits per heavy atom. The molecule has 0 spiro atoms. The first-order valence-corrected chi connectivity index (χ1v) is 10.2. The largest absolute Gasteiger partial charge is 0.497 e. The van der Waals surface area contributed by atoms with Crippen molar-refractivity contribution >= 4 is 5.97 Å². The molecule has 0 saturated carbocycles. The minimum Gasteiger partial charge on any atom is -0.497 e. The number of methoxy groups -OCH3 is 1. The number of hydrogen-bond donors (Lipinski definition) is 1. The predicted molar refractivity (Wildman–Crippen MR) is 115 cm³/mol. The van der Waals surface area contributed by atoms with E-state index in [1.165, 1.54) is 0 Å². The molecule has 2 aromatic carbocycles. The first-order chi connectivity index (χ1) is 14.3. The van der Waals surface area contributed by atoms with Crippen molar-refractivity contribution in [2.24, 2.45) is 5.41 Å². The number of hydrogen-bond acceptors (Lipinski definition) is 5. The van der Waals surface area contributed by atoms with Gasteiger partial charge < -0.3 is 19.3 Å². The molecule has 5 heteroatoms. The Labute approximate surface area is 178 Å². The van der Waals surface area contributed by atoms with Crippen LogP contribution in [-0.2, 0) is 16.1 Å². The molecule has 0 aromatic heterocycles. The highest BCUT2D eigenvalue weighted by Crippen LogP contribution is 2.38. The molecule has 0 heterocycles. The lowest BCUT2D eigenvalue weighted by Crippen LogP contribution is -2.43. The van der Waals surface area contributed by atoms with E-state index >= 15 is 0 Å². The van der Waals surface area contributed by atoms with Gasteiger partial charge in [-0.1, -0.05) is 50.3 Å². The van der Waals surface area contributed by atoms with Crippen LogP contribution < -0.4 is 4.74 Å². The van der Waals surface area contributed by atoms with E-state index in [0.717, 1.165) is 16.9 Å². The Kier molecular flexibility index (Phi) is 6.95. The standard InChI is InChI=1S/C25H30O5/c1-17-14-22(29-16-18-10-12-20(28-4)13-11-18)23(25(2,3)15-21(17)26)30-24(27)19-8-6-5-7-9-19/h5-14,21-23,26H,15-16H2,1-4H3. The molecule has 3 unspecified atom stereocenters. The van der Waals surface area contributed by atoms with Crippen molar-refractivity contribution in [3.05, 3.63) is 77.4 Å². The fourth-order valence-corrected chi connectivity index (χ4v) is 3.71. The molecule has 5 nitrogen and oxygen atoms in total. The minimum atomic E-state index is -0.604. The number of rotatable bonds is 6. The van der Waals surface area contributed by atoms with E-state index in [1.54, 1.807) is 31.4 Å². The van der Waals surface area contributed by atoms with Gasteiger partial charge in [0.1, 0.15) is 18.0 Å². The van der Waals surface area contributed by atoms with E-state index in [1.807, 2.05) is 57.2 Å². The first kappa shape index (κ1) is 22.1. The Morgan fingerprint density at radius 3 is 2.40 bits per heavy atom. The highest BCUT2D eigenvalue weighted by molar-refractivity contribution is 5.89. The maximum atomic E-state index is 12.8. The van der Waals surface area contributed by atoms with E-state index < -0.39 is 29.7 Å². The van der Waals surface area contributed by atoms with Gasteiger partial charge in [-0.15, -0.1) is 0 Å². The van der Waals surface area contributed by atoms with Crippen molar-refractivity contribution in [1.82, 2.24) is 0 Å². The summed E-state index contributed by atoms with van der Waals surface area (Å²) in [6, 6.07) is 16.6. The third-order valence-electron chi connectivity index (χ3n) is 5.59. The molecule has 0 fully saturated rings. The van der Waals surface area contributed by atoms with Gasteiger partial charge >= 0.3 is 5.97 Å². The summed E-state index contributed by atoms with van der Waals surface area (Å²) in [6.07, 6.45) is 0.728. The maximum Gasteiger partial charge on any atom is 0.338 e. The topological polar surface area (TPSA) is 65.0 Å². The number of carbonyl (C=O) groups excluding carboxylic acids is 1. The lowest BCUT2D eigenvalue weighted by atomic mass is 9.80. The second kappa shape index (κ2) is 9.45. The van der Waals surface area contributed by atoms with Crippen LogP contribution in [0.15, 0.2) is 66.2 Å². The van der Waals surface area contributed by atoms with Crippen LogP contribution in [0.2, 0.25) is 0 Å². The van der Waals surface area contributed by atoms with E-state index in [9.17, 15) is 9.90 Å². The molecule has 2 aromatic rings. The van der Waals surface area contributed by atoms with Crippen molar-refractivity contribution in [3.8, 4) is 5.75 Å². The summed E-state index contributed by atoms with van der Waals surface area (Å²) in [5.41, 5.74) is 1.81. The number of esters is 1. The average molecular weight is 411 g/mol. The summed E-state index contributed by atoms with van der Waals surface area (Å²) in [6.45, 7) is 6.22. The average Bonchev–Trinajstić information content (AvgIpc) is 2.82. The van der Waals surface area contributed by atoms with Gasteiger partial charge in [0.05, 0.1) is 25.4 Å². The van der Waals surface area contributed by atoms with Crippen LogP contribution in [0.5, 0.6) is 5.75 Å². The Morgan fingerprint density at radius 1 is 1.10 bits per heavy atom. The highest BCUT2D eigenvalue weighted by atomic mass is 16.6. The molecule has 1 N–H and O–H groups in total. The highest BCUT2D eigenvalue weighted by Gasteiger charge is 2.42. The fraction of sp³-hybridized carbons (Fsp3) is 0.400.